The molecule has 0 aliphatic heterocycles. The third-order valence-corrected chi connectivity index (χ3v) is 2.02. The molecule has 0 aromatic rings. The van der Waals surface area contributed by atoms with Crippen molar-refractivity contribution in [3.05, 3.63) is 0 Å². The Morgan fingerprint density at radius 2 is 1.86 bits per heavy atom. The predicted molar refractivity (Wildman–Crippen MR) is 61.7 cm³/mol. The van der Waals surface area contributed by atoms with Gasteiger partial charge < -0.3 is 15.4 Å². The van der Waals surface area contributed by atoms with Gasteiger partial charge in [-0.1, -0.05) is 13.8 Å². The Bertz CT molecular complexity index is 126. The van der Waals surface area contributed by atoms with Gasteiger partial charge in [-0.25, -0.2) is 0 Å². The van der Waals surface area contributed by atoms with Gasteiger partial charge in [-0.15, -0.1) is 0 Å². The minimum absolute atomic E-state index is 0.158. The van der Waals surface area contributed by atoms with Gasteiger partial charge >= 0.3 is 0 Å². The molecule has 0 fully saturated rings. The third-order valence-electron chi connectivity index (χ3n) is 2.02. The van der Waals surface area contributed by atoms with Crippen LogP contribution in [0.3, 0.4) is 0 Å². The zero-order chi connectivity index (χ0) is 10.9. The van der Waals surface area contributed by atoms with Gasteiger partial charge in [0.2, 0.25) is 0 Å². The van der Waals surface area contributed by atoms with Crippen molar-refractivity contribution >= 4 is 0 Å². The number of hydrogen-bond acceptors (Lipinski definition) is 3. The molecule has 0 aromatic heterocycles. The summed E-state index contributed by atoms with van der Waals surface area (Å²) in [6, 6.07) is 0. The highest BCUT2D eigenvalue weighted by Crippen LogP contribution is 1.98. The third kappa shape index (κ3) is 8.48. The van der Waals surface area contributed by atoms with Gasteiger partial charge in [0, 0.05) is 25.2 Å². The van der Waals surface area contributed by atoms with Crippen molar-refractivity contribution in [1.29, 1.82) is 0 Å². The SMILES string of the molecule is CCCOCCNC(C)(C)CNCC. The van der Waals surface area contributed by atoms with Crippen LogP contribution in [0.5, 0.6) is 0 Å². The number of hydrogen-bond donors (Lipinski definition) is 2. The van der Waals surface area contributed by atoms with E-state index in [1.54, 1.807) is 0 Å². The summed E-state index contributed by atoms with van der Waals surface area (Å²) in [5.74, 6) is 0. The highest BCUT2D eigenvalue weighted by atomic mass is 16.5. The van der Waals surface area contributed by atoms with E-state index in [-0.39, 0.29) is 5.54 Å². The van der Waals surface area contributed by atoms with Crippen molar-refractivity contribution in [2.24, 2.45) is 0 Å². The smallest absolute Gasteiger partial charge is 0.0591 e. The van der Waals surface area contributed by atoms with Gasteiger partial charge in [-0.05, 0) is 26.8 Å². The Balaban J connectivity index is 3.35. The Kier molecular flexibility index (Phi) is 8.14. The van der Waals surface area contributed by atoms with E-state index in [9.17, 15) is 0 Å². The van der Waals surface area contributed by atoms with E-state index in [2.05, 4.69) is 38.3 Å². The lowest BCUT2D eigenvalue weighted by molar-refractivity contribution is 0.130. The standard InChI is InChI=1S/C11H26N2O/c1-5-8-14-9-7-13-11(3,4)10-12-6-2/h12-13H,5-10H2,1-4H3. The molecule has 0 saturated heterocycles. The normalized spacial score (nSPS) is 12.0. The summed E-state index contributed by atoms with van der Waals surface area (Å²) in [4.78, 5) is 0. The first-order valence-corrected chi connectivity index (χ1v) is 5.66. The van der Waals surface area contributed by atoms with Crippen molar-refractivity contribution in [3.63, 3.8) is 0 Å². The maximum absolute atomic E-state index is 5.40. The van der Waals surface area contributed by atoms with Crippen LogP contribution in [0.2, 0.25) is 0 Å². The molecule has 0 aliphatic rings. The first-order chi connectivity index (χ1) is 6.62. The molecule has 0 spiro atoms. The monoisotopic (exact) mass is 202 g/mol. The van der Waals surface area contributed by atoms with Crippen LogP contribution in [-0.4, -0.2) is 38.4 Å². The van der Waals surface area contributed by atoms with Crippen molar-refractivity contribution in [2.45, 2.75) is 39.7 Å². The second-order valence-electron chi connectivity index (χ2n) is 4.20. The average Bonchev–Trinajstić information content (AvgIpc) is 2.15. The molecule has 0 unspecified atom stereocenters. The van der Waals surface area contributed by atoms with Crippen LogP contribution in [0.4, 0.5) is 0 Å². The van der Waals surface area contributed by atoms with Gasteiger partial charge in [-0.2, -0.15) is 0 Å². The first-order valence-electron chi connectivity index (χ1n) is 5.66. The number of rotatable bonds is 9. The molecule has 0 saturated carbocycles. The molecule has 3 heteroatoms. The summed E-state index contributed by atoms with van der Waals surface area (Å²) in [6.45, 7) is 13.3. The van der Waals surface area contributed by atoms with E-state index in [0.29, 0.717) is 0 Å². The van der Waals surface area contributed by atoms with Crippen molar-refractivity contribution in [1.82, 2.24) is 10.6 Å². The minimum atomic E-state index is 0.158. The van der Waals surface area contributed by atoms with Crippen molar-refractivity contribution in [2.75, 3.05) is 32.8 Å². The Hall–Kier alpha value is -0.120. The van der Waals surface area contributed by atoms with Crippen molar-refractivity contribution < 1.29 is 4.74 Å². The van der Waals surface area contributed by atoms with Crippen LogP contribution in [0, 0.1) is 0 Å². The lowest BCUT2D eigenvalue weighted by atomic mass is 10.1. The summed E-state index contributed by atoms with van der Waals surface area (Å²) in [5, 5.41) is 6.80. The highest BCUT2D eigenvalue weighted by Gasteiger charge is 2.14. The minimum Gasteiger partial charge on any atom is -0.380 e. The van der Waals surface area contributed by atoms with Crippen LogP contribution >= 0.6 is 0 Å². The zero-order valence-corrected chi connectivity index (χ0v) is 10.2. The van der Waals surface area contributed by atoms with E-state index in [0.717, 1.165) is 39.3 Å². The van der Waals surface area contributed by atoms with Crippen molar-refractivity contribution in [3.8, 4) is 0 Å². The van der Waals surface area contributed by atoms with E-state index in [1.165, 1.54) is 0 Å². The molecule has 0 aliphatic carbocycles. The van der Waals surface area contributed by atoms with Gasteiger partial charge in [0.05, 0.1) is 6.61 Å². The summed E-state index contributed by atoms with van der Waals surface area (Å²) < 4.78 is 5.40. The van der Waals surface area contributed by atoms with Crippen LogP contribution in [0.1, 0.15) is 34.1 Å². The molecule has 86 valence electrons. The zero-order valence-electron chi connectivity index (χ0n) is 10.2. The summed E-state index contributed by atoms with van der Waals surface area (Å²) in [5.41, 5.74) is 0.158. The fraction of sp³-hybridized carbons (Fsp3) is 1.00. The second kappa shape index (κ2) is 8.21. The molecule has 0 bridgehead atoms. The fourth-order valence-corrected chi connectivity index (χ4v) is 1.21. The van der Waals surface area contributed by atoms with Gasteiger partial charge in [0.25, 0.3) is 0 Å². The second-order valence-corrected chi connectivity index (χ2v) is 4.20. The molecule has 0 rings (SSSR count). The molecule has 0 atom stereocenters. The van der Waals surface area contributed by atoms with Gasteiger partial charge in [0.15, 0.2) is 0 Å². The van der Waals surface area contributed by atoms with Crippen LogP contribution in [-0.2, 0) is 4.74 Å². The summed E-state index contributed by atoms with van der Waals surface area (Å²) in [7, 11) is 0. The molecular weight excluding hydrogens is 176 g/mol. The summed E-state index contributed by atoms with van der Waals surface area (Å²) >= 11 is 0. The van der Waals surface area contributed by atoms with Crippen LogP contribution in [0.15, 0.2) is 0 Å². The van der Waals surface area contributed by atoms with Gasteiger partial charge in [-0.3, -0.25) is 0 Å². The van der Waals surface area contributed by atoms with Crippen LogP contribution < -0.4 is 10.6 Å². The van der Waals surface area contributed by atoms with E-state index in [1.807, 2.05) is 0 Å². The summed E-state index contributed by atoms with van der Waals surface area (Å²) in [6.07, 6.45) is 1.10. The first kappa shape index (κ1) is 13.9. The number of likely N-dealkylation sites (N-methyl/N-ethyl adjacent to an activating group) is 1. The quantitative estimate of drug-likeness (QED) is 0.554. The van der Waals surface area contributed by atoms with E-state index in [4.69, 9.17) is 4.74 Å². The topological polar surface area (TPSA) is 33.3 Å². The lowest BCUT2D eigenvalue weighted by Gasteiger charge is -2.26. The molecule has 0 aromatic carbocycles. The molecule has 14 heavy (non-hydrogen) atoms. The predicted octanol–water partition coefficient (Wildman–Crippen LogP) is 1.39. The Morgan fingerprint density at radius 1 is 1.14 bits per heavy atom. The number of nitrogens with one attached hydrogen (secondary N) is 2. The molecule has 0 radical (unpaired) electrons. The highest BCUT2D eigenvalue weighted by molar-refractivity contribution is 4.79. The average molecular weight is 202 g/mol. The number of ether oxygens (including phenoxy) is 1. The van der Waals surface area contributed by atoms with Gasteiger partial charge in [0.1, 0.15) is 0 Å². The molecule has 2 N–H and O–H groups in total. The molecule has 3 nitrogen and oxygen atoms in total. The molecular formula is C11H26N2O. The Labute approximate surface area is 88.6 Å². The molecule has 0 heterocycles. The van der Waals surface area contributed by atoms with E-state index >= 15 is 0 Å². The Morgan fingerprint density at radius 3 is 2.43 bits per heavy atom. The fourth-order valence-electron chi connectivity index (χ4n) is 1.21. The van der Waals surface area contributed by atoms with E-state index < -0.39 is 0 Å². The van der Waals surface area contributed by atoms with Crippen LogP contribution in [0.25, 0.3) is 0 Å². The molecule has 0 amide bonds. The largest absolute Gasteiger partial charge is 0.380 e. The maximum Gasteiger partial charge on any atom is 0.0591 e. The maximum atomic E-state index is 5.40. The lowest BCUT2D eigenvalue weighted by Crippen LogP contribution is -2.48.